The van der Waals surface area contributed by atoms with Gasteiger partial charge < -0.3 is 11.5 Å². The van der Waals surface area contributed by atoms with E-state index in [1.165, 1.54) is 5.57 Å². The van der Waals surface area contributed by atoms with Gasteiger partial charge in [0.15, 0.2) is 0 Å². The molecule has 18 heavy (non-hydrogen) atoms. The summed E-state index contributed by atoms with van der Waals surface area (Å²) in [5, 5.41) is 0. The molecule has 0 aromatic rings. The van der Waals surface area contributed by atoms with Crippen LogP contribution in [0.5, 0.6) is 0 Å². The molecule has 0 heterocycles. The highest BCUT2D eigenvalue weighted by Gasteiger charge is 2.47. The zero-order chi connectivity index (χ0) is 13.9. The van der Waals surface area contributed by atoms with Crippen LogP contribution in [0.3, 0.4) is 0 Å². The molecule has 3 unspecified atom stereocenters. The third-order valence-corrected chi connectivity index (χ3v) is 4.94. The van der Waals surface area contributed by atoms with Crippen LogP contribution >= 0.6 is 0 Å². The fourth-order valence-electron chi connectivity index (χ4n) is 3.50. The summed E-state index contributed by atoms with van der Waals surface area (Å²) in [6.07, 6.45) is 6.96. The minimum atomic E-state index is 0.218. The van der Waals surface area contributed by atoms with Crippen molar-refractivity contribution in [3.8, 4) is 0 Å². The second kappa shape index (κ2) is 5.75. The van der Waals surface area contributed by atoms with Crippen LogP contribution in [0.4, 0.5) is 0 Å². The van der Waals surface area contributed by atoms with Crippen LogP contribution in [-0.4, -0.2) is 6.54 Å². The van der Waals surface area contributed by atoms with E-state index in [1.807, 2.05) is 6.08 Å². The van der Waals surface area contributed by atoms with E-state index in [9.17, 15) is 0 Å². The van der Waals surface area contributed by atoms with E-state index in [1.54, 1.807) is 6.20 Å². The van der Waals surface area contributed by atoms with Crippen LogP contribution in [0.1, 0.15) is 34.1 Å². The predicted molar refractivity (Wildman–Crippen MR) is 79.8 cm³/mol. The fourth-order valence-corrected chi connectivity index (χ4v) is 3.50. The molecule has 0 aliphatic heterocycles. The molecule has 0 bridgehead atoms. The first-order chi connectivity index (χ1) is 8.47. The van der Waals surface area contributed by atoms with Crippen molar-refractivity contribution in [3.63, 3.8) is 0 Å². The van der Waals surface area contributed by atoms with Gasteiger partial charge in [-0.1, -0.05) is 46.4 Å². The molecule has 0 radical (unpaired) electrons. The van der Waals surface area contributed by atoms with Crippen LogP contribution in [0.2, 0.25) is 0 Å². The summed E-state index contributed by atoms with van der Waals surface area (Å²) in [7, 11) is 0. The molecule has 0 fully saturated rings. The lowest BCUT2D eigenvalue weighted by molar-refractivity contribution is 0.101. The zero-order valence-electron chi connectivity index (χ0n) is 12.2. The number of hydrogen-bond donors (Lipinski definition) is 2. The molecule has 0 aromatic carbocycles. The van der Waals surface area contributed by atoms with Crippen molar-refractivity contribution in [2.75, 3.05) is 6.54 Å². The number of nitrogens with two attached hydrogens (primary N) is 2. The van der Waals surface area contributed by atoms with E-state index < -0.39 is 0 Å². The minimum absolute atomic E-state index is 0.218. The van der Waals surface area contributed by atoms with E-state index in [4.69, 9.17) is 11.5 Å². The lowest BCUT2D eigenvalue weighted by Gasteiger charge is -2.41. The van der Waals surface area contributed by atoms with Crippen LogP contribution in [0, 0.1) is 23.2 Å². The summed E-state index contributed by atoms with van der Waals surface area (Å²) < 4.78 is 0. The van der Waals surface area contributed by atoms with Gasteiger partial charge in [-0.05, 0) is 47.3 Å². The average molecular weight is 248 g/mol. The summed E-state index contributed by atoms with van der Waals surface area (Å²) in [6.45, 7) is 13.8. The van der Waals surface area contributed by atoms with Crippen LogP contribution in [0.15, 0.2) is 36.1 Å². The molecule has 2 nitrogen and oxygen atoms in total. The van der Waals surface area contributed by atoms with Gasteiger partial charge >= 0.3 is 0 Å². The Balaban J connectivity index is 3.26. The van der Waals surface area contributed by atoms with Crippen molar-refractivity contribution in [1.29, 1.82) is 0 Å². The van der Waals surface area contributed by atoms with Crippen LogP contribution < -0.4 is 11.5 Å². The highest BCUT2D eigenvalue weighted by Crippen LogP contribution is 2.54. The van der Waals surface area contributed by atoms with E-state index >= 15 is 0 Å². The first kappa shape index (κ1) is 15.0. The molecule has 0 spiro atoms. The molecule has 0 saturated heterocycles. The Kier molecular flexibility index (Phi) is 4.80. The molecule has 1 aliphatic rings. The summed E-state index contributed by atoms with van der Waals surface area (Å²) >= 11 is 0. The van der Waals surface area contributed by atoms with Crippen molar-refractivity contribution in [3.05, 3.63) is 36.1 Å². The van der Waals surface area contributed by atoms with Crippen molar-refractivity contribution in [2.24, 2.45) is 34.6 Å². The lowest BCUT2D eigenvalue weighted by Crippen LogP contribution is -2.39. The number of hydrogen-bond acceptors (Lipinski definition) is 2. The Bertz CT molecular complexity index is 365. The van der Waals surface area contributed by atoms with Crippen molar-refractivity contribution in [2.45, 2.75) is 34.1 Å². The highest BCUT2D eigenvalue weighted by atomic mass is 14.6. The van der Waals surface area contributed by atoms with Crippen molar-refractivity contribution < 1.29 is 0 Å². The SMILES string of the molecule is C=C/C(=C\N)C1=CC(CN)C(C)(C(C)C)C1CC. The molecular formula is C16H28N2. The van der Waals surface area contributed by atoms with Gasteiger partial charge in [0.2, 0.25) is 0 Å². The molecule has 4 N–H and O–H groups in total. The zero-order valence-corrected chi connectivity index (χ0v) is 12.2. The molecule has 102 valence electrons. The van der Waals surface area contributed by atoms with Gasteiger partial charge in [-0.3, -0.25) is 0 Å². The fraction of sp³-hybridized carbons (Fsp3) is 0.625. The summed E-state index contributed by atoms with van der Waals surface area (Å²) in [4.78, 5) is 0. The van der Waals surface area contributed by atoms with E-state index in [-0.39, 0.29) is 5.41 Å². The lowest BCUT2D eigenvalue weighted by atomic mass is 9.63. The standard InChI is InChI=1S/C16H28N2/c1-6-12(9-17)14-8-13(10-18)16(5,11(3)4)15(14)7-2/h6,8-9,11,13,15H,1,7,10,17-18H2,2-5H3/b12-9+. The first-order valence-corrected chi connectivity index (χ1v) is 6.93. The van der Waals surface area contributed by atoms with E-state index in [2.05, 4.69) is 40.3 Å². The van der Waals surface area contributed by atoms with Crippen molar-refractivity contribution in [1.82, 2.24) is 0 Å². The Morgan fingerprint density at radius 1 is 1.56 bits per heavy atom. The smallest absolute Gasteiger partial charge is 0.00140 e. The molecule has 2 heteroatoms. The molecule has 0 saturated carbocycles. The third kappa shape index (κ3) is 2.14. The van der Waals surface area contributed by atoms with E-state index in [0.29, 0.717) is 24.3 Å². The van der Waals surface area contributed by atoms with Gasteiger partial charge in [0.25, 0.3) is 0 Å². The van der Waals surface area contributed by atoms with E-state index in [0.717, 1.165) is 12.0 Å². The molecule has 0 aromatic heterocycles. The van der Waals surface area contributed by atoms with Crippen molar-refractivity contribution >= 4 is 0 Å². The largest absolute Gasteiger partial charge is 0.404 e. The van der Waals surface area contributed by atoms with Crippen LogP contribution in [0.25, 0.3) is 0 Å². The van der Waals surface area contributed by atoms with Crippen LogP contribution in [-0.2, 0) is 0 Å². The highest BCUT2D eigenvalue weighted by molar-refractivity contribution is 5.44. The van der Waals surface area contributed by atoms with Gasteiger partial charge in [0.05, 0.1) is 0 Å². The van der Waals surface area contributed by atoms with Gasteiger partial charge in [0, 0.05) is 6.20 Å². The Morgan fingerprint density at radius 3 is 2.50 bits per heavy atom. The first-order valence-electron chi connectivity index (χ1n) is 6.93. The Hall–Kier alpha value is -1.02. The quantitative estimate of drug-likeness (QED) is 0.734. The second-order valence-corrected chi connectivity index (χ2v) is 5.77. The number of rotatable bonds is 5. The molecule has 1 aliphatic carbocycles. The Morgan fingerprint density at radius 2 is 2.17 bits per heavy atom. The maximum atomic E-state index is 5.99. The van der Waals surface area contributed by atoms with Gasteiger partial charge in [-0.2, -0.15) is 0 Å². The third-order valence-electron chi connectivity index (χ3n) is 4.94. The maximum absolute atomic E-state index is 5.99. The van der Waals surface area contributed by atoms with Gasteiger partial charge in [0.1, 0.15) is 0 Å². The second-order valence-electron chi connectivity index (χ2n) is 5.77. The Labute approximate surface area is 112 Å². The number of allylic oxidation sites excluding steroid dienone is 3. The normalized spacial score (nSPS) is 32.8. The van der Waals surface area contributed by atoms with Gasteiger partial charge in [-0.15, -0.1) is 0 Å². The maximum Gasteiger partial charge on any atom is 0.00140 e. The molecular weight excluding hydrogens is 220 g/mol. The summed E-state index contributed by atoms with van der Waals surface area (Å²) in [5.41, 5.74) is 14.3. The van der Waals surface area contributed by atoms with Gasteiger partial charge in [-0.25, -0.2) is 0 Å². The predicted octanol–water partition coefficient (Wildman–Crippen LogP) is 3.22. The molecule has 1 rings (SSSR count). The average Bonchev–Trinajstić information content (AvgIpc) is 2.65. The molecule has 0 amide bonds. The summed E-state index contributed by atoms with van der Waals surface area (Å²) in [5.74, 6) is 1.53. The summed E-state index contributed by atoms with van der Waals surface area (Å²) in [6, 6.07) is 0. The monoisotopic (exact) mass is 248 g/mol. The molecule has 3 atom stereocenters. The minimum Gasteiger partial charge on any atom is -0.404 e. The topological polar surface area (TPSA) is 52.0 Å².